The number of carbonyl (C=O) groups is 1. The molecule has 0 radical (unpaired) electrons. The minimum absolute atomic E-state index is 0.0544. The topological polar surface area (TPSA) is 29.1 Å². The van der Waals surface area contributed by atoms with Gasteiger partial charge in [0.15, 0.2) is 11.6 Å². The second kappa shape index (κ2) is 5.63. The van der Waals surface area contributed by atoms with Crippen LogP contribution in [0.2, 0.25) is 0 Å². The molecule has 2 nitrogen and oxygen atoms in total. The summed E-state index contributed by atoms with van der Waals surface area (Å²) >= 11 is 0. The fraction of sp³-hybridized carbons (Fsp3) is 0.500. The molecule has 106 valence electrons. The van der Waals surface area contributed by atoms with Crippen LogP contribution in [0, 0.1) is 37.2 Å². The summed E-state index contributed by atoms with van der Waals surface area (Å²) < 4.78 is 41.2. The molecular formula is C14H18F3NO. The predicted molar refractivity (Wildman–Crippen MR) is 67.6 cm³/mol. The maximum atomic E-state index is 13.9. The van der Waals surface area contributed by atoms with Gasteiger partial charge in [0.2, 0.25) is 0 Å². The van der Waals surface area contributed by atoms with Crippen LogP contribution in [0.15, 0.2) is 0 Å². The van der Waals surface area contributed by atoms with E-state index in [-0.39, 0.29) is 23.1 Å². The minimum Gasteiger partial charge on any atom is -0.349 e. The summed E-state index contributed by atoms with van der Waals surface area (Å²) in [6.45, 7) is 8.03. The Morgan fingerprint density at radius 2 is 1.42 bits per heavy atom. The number of amides is 1. The molecule has 1 aromatic rings. The second-order valence-corrected chi connectivity index (χ2v) is 5.07. The highest BCUT2D eigenvalue weighted by Crippen LogP contribution is 2.24. The van der Waals surface area contributed by atoms with Crippen molar-refractivity contribution in [3.8, 4) is 0 Å². The zero-order valence-corrected chi connectivity index (χ0v) is 11.7. The number of hydrogen-bond acceptors (Lipinski definition) is 1. The molecule has 0 aliphatic rings. The first-order valence-corrected chi connectivity index (χ1v) is 6.13. The van der Waals surface area contributed by atoms with Gasteiger partial charge in [-0.15, -0.1) is 0 Å². The first-order chi connectivity index (χ1) is 8.68. The van der Waals surface area contributed by atoms with Crippen LogP contribution in [0.5, 0.6) is 0 Å². The third kappa shape index (κ3) is 2.91. The van der Waals surface area contributed by atoms with Gasteiger partial charge in [0, 0.05) is 6.04 Å². The Morgan fingerprint density at radius 3 is 1.89 bits per heavy atom. The molecule has 0 fully saturated rings. The van der Waals surface area contributed by atoms with Crippen LogP contribution in [-0.4, -0.2) is 11.9 Å². The van der Waals surface area contributed by atoms with Gasteiger partial charge >= 0.3 is 0 Å². The normalized spacial score (nSPS) is 12.7. The zero-order valence-electron chi connectivity index (χ0n) is 11.7. The van der Waals surface area contributed by atoms with E-state index in [2.05, 4.69) is 5.32 Å². The fourth-order valence-corrected chi connectivity index (χ4v) is 1.53. The van der Waals surface area contributed by atoms with Gasteiger partial charge in [-0.3, -0.25) is 4.79 Å². The Bertz CT molecular complexity index is 483. The molecule has 0 spiro atoms. The van der Waals surface area contributed by atoms with Gasteiger partial charge in [0.1, 0.15) is 11.4 Å². The summed E-state index contributed by atoms with van der Waals surface area (Å²) in [7, 11) is 0. The summed E-state index contributed by atoms with van der Waals surface area (Å²) in [4.78, 5) is 11.9. The third-order valence-electron chi connectivity index (χ3n) is 3.44. The summed E-state index contributed by atoms with van der Waals surface area (Å²) in [5, 5.41) is 2.47. The van der Waals surface area contributed by atoms with Crippen LogP contribution in [0.3, 0.4) is 0 Å². The van der Waals surface area contributed by atoms with Crippen molar-refractivity contribution >= 4 is 5.91 Å². The predicted octanol–water partition coefficient (Wildman–Crippen LogP) is 3.50. The lowest BCUT2D eigenvalue weighted by atomic mass is 10.0. The van der Waals surface area contributed by atoms with Gasteiger partial charge in [-0.25, -0.2) is 13.2 Å². The van der Waals surface area contributed by atoms with Crippen molar-refractivity contribution in [1.29, 1.82) is 0 Å². The number of nitrogens with one attached hydrogen (secondary N) is 1. The van der Waals surface area contributed by atoms with Crippen LogP contribution < -0.4 is 5.32 Å². The van der Waals surface area contributed by atoms with E-state index in [1.165, 1.54) is 13.8 Å². The smallest absolute Gasteiger partial charge is 0.257 e. The fourth-order valence-electron chi connectivity index (χ4n) is 1.53. The molecule has 0 aliphatic heterocycles. The third-order valence-corrected chi connectivity index (χ3v) is 3.44. The van der Waals surface area contributed by atoms with Crippen LogP contribution in [-0.2, 0) is 0 Å². The lowest BCUT2D eigenvalue weighted by molar-refractivity contribution is 0.0920. The molecule has 1 amide bonds. The van der Waals surface area contributed by atoms with E-state index in [9.17, 15) is 18.0 Å². The molecule has 0 aromatic heterocycles. The SMILES string of the molecule is Cc1c(C)c(F)c(C(=O)N[C@H](C)C(C)C)c(F)c1F. The number of halogens is 3. The van der Waals surface area contributed by atoms with E-state index in [1.807, 2.05) is 13.8 Å². The average Bonchev–Trinajstić information content (AvgIpc) is 2.34. The summed E-state index contributed by atoms with van der Waals surface area (Å²) in [5.41, 5.74) is -1.03. The monoisotopic (exact) mass is 273 g/mol. The van der Waals surface area contributed by atoms with Crippen molar-refractivity contribution < 1.29 is 18.0 Å². The standard InChI is InChI=1S/C14H18F3NO/c1-6(2)9(5)18-14(19)10-11(15)7(3)8(4)12(16)13(10)17/h6,9H,1-5H3,(H,18,19)/t9-/m1/s1. The van der Waals surface area contributed by atoms with Crippen LogP contribution >= 0.6 is 0 Å². The Labute approximate surface area is 111 Å². The molecular weight excluding hydrogens is 255 g/mol. The molecule has 0 saturated carbocycles. The molecule has 1 atom stereocenters. The summed E-state index contributed by atoms with van der Waals surface area (Å²) in [5.74, 6) is -4.45. The minimum atomic E-state index is -1.44. The van der Waals surface area contributed by atoms with Crippen molar-refractivity contribution in [1.82, 2.24) is 5.32 Å². The highest BCUT2D eigenvalue weighted by Gasteiger charge is 2.26. The van der Waals surface area contributed by atoms with Crippen molar-refractivity contribution in [3.05, 3.63) is 34.1 Å². The van der Waals surface area contributed by atoms with Crippen LogP contribution in [0.4, 0.5) is 13.2 Å². The number of carbonyl (C=O) groups excluding carboxylic acids is 1. The molecule has 0 heterocycles. The molecule has 1 aromatic carbocycles. The Balaban J connectivity index is 3.25. The highest BCUT2D eigenvalue weighted by molar-refractivity contribution is 5.95. The molecule has 0 aliphatic carbocycles. The number of hydrogen-bond donors (Lipinski definition) is 1. The number of rotatable bonds is 3. The lowest BCUT2D eigenvalue weighted by Crippen LogP contribution is -2.37. The quantitative estimate of drug-likeness (QED) is 0.839. The molecule has 0 unspecified atom stereocenters. The van der Waals surface area contributed by atoms with Gasteiger partial charge in [-0.1, -0.05) is 13.8 Å². The average molecular weight is 273 g/mol. The van der Waals surface area contributed by atoms with Gasteiger partial charge in [0.25, 0.3) is 5.91 Å². The summed E-state index contributed by atoms with van der Waals surface area (Å²) in [6, 6.07) is -0.268. The van der Waals surface area contributed by atoms with E-state index in [0.717, 1.165) is 0 Å². The van der Waals surface area contributed by atoms with Crippen LogP contribution in [0.25, 0.3) is 0 Å². The number of benzene rings is 1. The highest BCUT2D eigenvalue weighted by atomic mass is 19.2. The Morgan fingerprint density at radius 1 is 0.947 bits per heavy atom. The molecule has 1 N–H and O–H groups in total. The van der Waals surface area contributed by atoms with Gasteiger partial charge in [-0.2, -0.15) is 0 Å². The maximum Gasteiger partial charge on any atom is 0.257 e. The van der Waals surface area contributed by atoms with Crippen molar-refractivity contribution in [2.75, 3.05) is 0 Å². The van der Waals surface area contributed by atoms with Gasteiger partial charge < -0.3 is 5.32 Å². The van der Waals surface area contributed by atoms with E-state index >= 15 is 0 Å². The van der Waals surface area contributed by atoms with E-state index in [4.69, 9.17) is 0 Å². The first-order valence-electron chi connectivity index (χ1n) is 6.13. The van der Waals surface area contributed by atoms with Gasteiger partial charge in [0.05, 0.1) is 0 Å². The summed E-state index contributed by atoms with van der Waals surface area (Å²) in [6.07, 6.45) is 0. The lowest BCUT2D eigenvalue weighted by Gasteiger charge is -2.18. The van der Waals surface area contributed by atoms with E-state index in [1.54, 1.807) is 6.92 Å². The van der Waals surface area contributed by atoms with E-state index < -0.39 is 28.9 Å². The molecule has 19 heavy (non-hydrogen) atoms. The van der Waals surface area contributed by atoms with Crippen LogP contribution in [0.1, 0.15) is 42.3 Å². The molecule has 1 rings (SSSR count). The molecule has 5 heteroatoms. The molecule has 0 saturated heterocycles. The largest absolute Gasteiger partial charge is 0.349 e. The molecule has 0 bridgehead atoms. The maximum absolute atomic E-state index is 13.9. The Hall–Kier alpha value is -1.52. The van der Waals surface area contributed by atoms with Crippen molar-refractivity contribution in [2.45, 2.75) is 40.7 Å². The van der Waals surface area contributed by atoms with Gasteiger partial charge in [-0.05, 0) is 37.8 Å². The van der Waals surface area contributed by atoms with Crippen molar-refractivity contribution in [2.24, 2.45) is 5.92 Å². The van der Waals surface area contributed by atoms with Crippen molar-refractivity contribution in [3.63, 3.8) is 0 Å². The Kier molecular flexibility index (Phi) is 4.61. The van der Waals surface area contributed by atoms with E-state index in [0.29, 0.717) is 0 Å². The zero-order chi connectivity index (χ0) is 14.9. The first kappa shape index (κ1) is 15.5. The second-order valence-electron chi connectivity index (χ2n) is 5.07.